The molecule has 0 fully saturated rings. The monoisotopic (exact) mass is 393 g/mol. The van der Waals surface area contributed by atoms with Crippen molar-refractivity contribution in [1.82, 2.24) is 4.90 Å². The number of benzene rings is 3. The topological polar surface area (TPSA) is 58.7 Å². The Morgan fingerprint density at radius 1 is 0.964 bits per heavy atom. The Bertz CT molecular complexity index is 1100. The number of nitrogens with zero attached hydrogens (tertiary/aromatic N) is 2. The summed E-state index contributed by atoms with van der Waals surface area (Å²) in [5, 5.41) is 0.0413. The zero-order valence-electron chi connectivity index (χ0n) is 15.1. The van der Waals surface area contributed by atoms with E-state index < -0.39 is 11.4 Å². The van der Waals surface area contributed by atoms with Crippen LogP contribution in [0.2, 0.25) is 5.02 Å². The van der Waals surface area contributed by atoms with Gasteiger partial charge in [0, 0.05) is 7.05 Å². The highest BCUT2D eigenvalue weighted by molar-refractivity contribution is 6.31. The molecule has 1 aliphatic heterocycles. The van der Waals surface area contributed by atoms with Gasteiger partial charge in [-0.25, -0.2) is 9.38 Å². The van der Waals surface area contributed by atoms with Crippen molar-refractivity contribution < 1.29 is 9.18 Å². The van der Waals surface area contributed by atoms with Crippen molar-refractivity contribution >= 4 is 23.5 Å². The van der Waals surface area contributed by atoms with Crippen molar-refractivity contribution in [3.8, 4) is 11.1 Å². The number of hydrogen-bond donors (Lipinski definition) is 1. The van der Waals surface area contributed by atoms with E-state index in [4.69, 9.17) is 17.3 Å². The SMILES string of the molecule is CN1C(=O)C(c2ccccc2)(c2cccc(-c3ccc(F)c(Cl)c3)c2)N=C1N. The molecule has 0 aliphatic carbocycles. The van der Waals surface area contributed by atoms with Crippen LogP contribution >= 0.6 is 11.6 Å². The fourth-order valence-corrected chi connectivity index (χ4v) is 3.64. The number of carbonyl (C=O) groups excluding carboxylic acids is 1. The van der Waals surface area contributed by atoms with Crippen molar-refractivity contribution in [3.63, 3.8) is 0 Å². The summed E-state index contributed by atoms with van der Waals surface area (Å²) < 4.78 is 13.5. The number of aliphatic imine (C=N–C) groups is 1. The molecule has 0 spiro atoms. The number of hydrogen-bond acceptors (Lipinski definition) is 3. The van der Waals surface area contributed by atoms with Crippen molar-refractivity contribution in [3.05, 3.63) is 94.8 Å². The number of halogens is 2. The van der Waals surface area contributed by atoms with Crippen LogP contribution in [0.3, 0.4) is 0 Å². The minimum Gasteiger partial charge on any atom is -0.369 e. The molecule has 1 aliphatic rings. The maximum atomic E-state index is 13.5. The third kappa shape index (κ3) is 2.75. The Morgan fingerprint density at radius 3 is 2.29 bits per heavy atom. The molecular formula is C22H17ClFN3O. The lowest BCUT2D eigenvalue weighted by molar-refractivity contribution is -0.129. The minimum absolute atomic E-state index is 0.0413. The van der Waals surface area contributed by atoms with Gasteiger partial charge in [0.15, 0.2) is 11.5 Å². The molecule has 4 nitrogen and oxygen atoms in total. The van der Waals surface area contributed by atoms with E-state index in [2.05, 4.69) is 4.99 Å². The van der Waals surface area contributed by atoms with Gasteiger partial charge in [-0.1, -0.05) is 66.2 Å². The third-order valence-electron chi connectivity index (χ3n) is 4.96. The summed E-state index contributed by atoms with van der Waals surface area (Å²) in [6.07, 6.45) is 0. The largest absolute Gasteiger partial charge is 0.369 e. The van der Waals surface area contributed by atoms with Crippen LogP contribution in [0.25, 0.3) is 11.1 Å². The van der Waals surface area contributed by atoms with Crippen LogP contribution in [0, 0.1) is 5.82 Å². The van der Waals surface area contributed by atoms with Crippen LogP contribution in [-0.2, 0) is 10.3 Å². The van der Waals surface area contributed by atoms with E-state index in [9.17, 15) is 9.18 Å². The summed E-state index contributed by atoms with van der Waals surface area (Å²) in [7, 11) is 1.61. The van der Waals surface area contributed by atoms with Crippen LogP contribution in [-0.4, -0.2) is 23.8 Å². The first-order valence-electron chi connectivity index (χ1n) is 8.68. The molecule has 3 aromatic carbocycles. The minimum atomic E-state index is -1.26. The van der Waals surface area contributed by atoms with E-state index >= 15 is 0 Å². The maximum Gasteiger partial charge on any atom is 0.266 e. The van der Waals surface area contributed by atoms with Gasteiger partial charge in [-0.15, -0.1) is 0 Å². The standard InChI is InChI=1S/C22H17ClFN3O/c1-27-20(28)22(26-21(27)25,16-7-3-2-4-8-16)17-9-5-6-14(12-17)15-10-11-19(24)18(23)13-15/h2-13H,1H3,(H2,25,26). The molecule has 0 saturated heterocycles. The lowest BCUT2D eigenvalue weighted by Crippen LogP contribution is -2.41. The van der Waals surface area contributed by atoms with Crippen LogP contribution in [0.5, 0.6) is 0 Å². The number of guanidine groups is 1. The summed E-state index contributed by atoms with van der Waals surface area (Å²) in [6.45, 7) is 0. The number of amides is 1. The first-order chi connectivity index (χ1) is 13.4. The Hall–Kier alpha value is -3.18. The lowest BCUT2D eigenvalue weighted by atomic mass is 9.82. The average Bonchev–Trinajstić information content (AvgIpc) is 2.96. The summed E-state index contributed by atoms with van der Waals surface area (Å²) in [6, 6.07) is 21.3. The molecule has 0 saturated carbocycles. The first-order valence-corrected chi connectivity index (χ1v) is 9.06. The first kappa shape index (κ1) is 18.2. The molecule has 1 unspecified atom stereocenters. The molecule has 0 aromatic heterocycles. The molecule has 1 atom stereocenters. The summed E-state index contributed by atoms with van der Waals surface area (Å²) in [5.41, 5.74) is 7.68. The molecule has 2 N–H and O–H groups in total. The van der Waals surface area contributed by atoms with Crippen molar-refractivity contribution in [2.24, 2.45) is 10.7 Å². The van der Waals surface area contributed by atoms with Crippen LogP contribution in [0.1, 0.15) is 11.1 Å². The number of nitrogens with two attached hydrogens (primary N) is 1. The van der Waals surface area contributed by atoms with Gasteiger partial charge in [0.05, 0.1) is 5.02 Å². The molecule has 1 amide bonds. The van der Waals surface area contributed by atoms with Gasteiger partial charge < -0.3 is 5.73 Å². The molecule has 0 bridgehead atoms. The van der Waals surface area contributed by atoms with Gasteiger partial charge in [0.25, 0.3) is 5.91 Å². The molecule has 3 aromatic rings. The highest BCUT2D eigenvalue weighted by Crippen LogP contribution is 2.40. The zero-order chi connectivity index (χ0) is 19.9. The Morgan fingerprint density at radius 2 is 1.64 bits per heavy atom. The van der Waals surface area contributed by atoms with Gasteiger partial charge in [-0.05, 0) is 40.5 Å². The second-order valence-electron chi connectivity index (χ2n) is 6.62. The molecule has 28 heavy (non-hydrogen) atoms. The summed E-state index contributed by atoms with van der Waals surface area (Å²) in [5.74, 6) is -0.554. The second-order valence-corrected chi connectivity index (χ2v) is 7.03. The van der Waals surface area contributed by atoms with Gasteiger partial charge in [-0.2, -0.15) is 0 Å². The van der Waals surface area contributed by atoms with Crippen molar-refractivity contribution in [2.75, 3.05) is 7.05 Å². The molecule has 4 rings (SSSR count). The van der Waals surface area contributed by atoms with E-state index in [1.54, 1.807) is 19.2 Å². The van der Waals surface area contributed by atoms with E-state index in [0.717, 1.165) is 16.7 Å². The van der Waals surface area contributed by atoms with E-state index in [1.165, 1.54) is 11.0 Å². The molecule has 1 heterocycles. The summed E-state index contributed by atoms with van der Waals surface area (Å²) in [4.78, 5) is 19.2. The Balaban J connectivity index is 1.92. The molecule has 6 heteroatoms. The van der Waals surface area contributed by atoms with E-state index in [0.29, 0.717) is 5.56 Å². The summed E-state index contributed by atoms with van der Waals surface area (Å²) >= 11 is 5.94. The number of rotatable bonds is 3. The fraction of sp³-hybridized carbons (Fsp3) is 0.0909. The van der Waals surface area contributed by atoms with Crippen molar-refractivity contribution in [1.29, 1.82) is 0 Å². The Kier molecular flexibility index (Phi) is 4.40. The molecule has 140 valence electrons. The zero-order valence-corrected chi connectivity index (χ0v) is 15.8. The van der Waals surface area contributed by atoms with E-state index in [-0.39, 0.29) is 16.9 Å². The van der Waals surface area contributed by atoms with Crippen LogP contribution in [0.4, 0.5) is 4.39 Å². The normalized spacial score (nSPS) is 19.0. The lowest BCUT2D eigenvalue weighted by Gasteiger charge is -2.26. The fourth-order valence-electron chi connectivity index (χ4n) is 3.46. The third-order valence-corrected chi connectivity index (χ3v) is 5.25. The van der Waals surface area contributed by atoms with Gasteiger partial charge in [-0.3, -0.25) is 9.69 Å². The van der Waals surface area contributed by atoms with E-state index in [1.807, 2.05) is 54.6 Å². The predicted molar refractivity (Wildman–Crippen MR) is 108 cm³/mol. The van der Waals surface area contributed by atoms with Gasteiger partial charge in [0.2, 0.25) is 0 Å². The smallest absolute Gasteiger partial charge is 0.266 e. The Labute approximate surface area is 167 Å². The van der Waals surface area contributed by atoms with Crippen LogP contribution in [0.15, 0.2) is 77.8 Å². The van der Waals surface area contributed by atoms with Crippen LogP contribution < -0.4 is 5.73 Å². The highest BCUT2D eigenvalue weighted by atomic mass is 35.5. The number of likely N-dealkylation sites (N-methyl/N-ethyl adjacent to an activating group) is 1. The van der Waals surface area contributed by atoms with Gasteiger partial charge >= 0.3 is 0 Å². The quantitative estimate of drug-likeness (QED) is 0.725. The maximum absolute atomic E-state index is 13.5. The van der Waals surface area contributed by atoms with Gasteiger partial charge in [0.1, 0.15) is 5.82 Å². The molecular weight excluding hydrogens is 377 g/mol. The highest BCUT2D eigenvalue weighted by Gasteiger charge is 2.49. The van der Waals surface area contributed by atoms with Crippen molar-refractivity contribution in [2.45, 2.75) is 5.54 Å². The molecule has 0 radical (unpaired) electrons. The number of carbonyl (C=O) groups is 1. The predicted octanol–water partition coefficient (Wildman–Crippen LogP) is 4.18. The average molecular weight is 394 g/mol. The second kappa shape index (κ2) is 6.77.